The van der Waals surface area contributed by atoms with Crippen LogP contribution in [0.15, 0.2) is 205 Å². The van der Waals surface area contributed by atoms with Crippen molar-refractivity contribution < 1.29 is 0 Å². The average molecular weight is 862 g/mol. The molecule has 0 radical (unpaired) electrons. The van der Waals surface area contributed by atoms with Gasteiger partial charge >= 0.3 is 0 Å². The lowest BCUT2D eigenvalue weighted by Crippen LogP contribution is -2.28. The van der Waals surface area contributed by atoms with Crippen LogP contribution in [0.5, 0.6) is 0 Å². The Morgan fingerprint density at radius 2 is 1.30 bits per heavy atom. The van der Waals surface area contributed by atoms with E-state index >= 15 is 4.79 Å². The van der Waals surface area contributed by atoms with Crippen LogP contribution in [-0.4, -0.2) is 24.1 Å². The molecule has 0 fully saturated rings. The van der Waals surface area contributed by atoms with Crippen LogP contribution in [0.4, 0.5) is 0 Å². The van der Waals surface area contributed by atoms with Gasteiger partial charge < -0.3 is 4.57 Å². The molecule has 0 saturated carbocycles. The lowest BCUT2D eigenvalue weighted by Gasteiger charge is -2.38. The molecule has 7 aromatic carbocycles. The summed E-state index contributed by atoms with van der Waals surface area (Å²) in [5.41, 5.74) is 14.7. The van der Waals surface area contributed by atoms with Crippen LogP contribution in [0.1, 0.15) is 58.9 Å². The van der Waals surface area contributed by atoms with Gasteiger partial charge in [0.15, 0.2) is 11.6 Å². The summed E-state index contributed by atoms with van der Waals surface area (Å²) in [5.74, 6) is 1.71. The van der Waals surface area contributed by atoms with Gasteiger partial charge in [0.1, 0.15) is 0 Å². The van der Waals surface area contributed by atoms with E-state index in [-0.39, 0.29) is 23.3 Å². The van der Waals surface area contributed by atoms with Gasteiger partial charge in [-0.2, -0.15) is 9.97 Å². The molecular formula is C61H43N5O. The second kappa shape index (κ2) is 14.9. The van der Waals surface area contributed by atoms with Gasteiger partial charge in [0, 0.05) is 44.7 Å². The lowest BCUT2D eigenvalue weighted by atomic mass is 9.66. The molecule has 318 valence electrons. The summed E-state index contributed by atoms with van der Waals surface area (Å²) in [6.07, 6.45) is 17.8. The Bertz CT molecular complexity index is 3840. The maximum absolute atomic E-state index is 16.6. The molecule has 4 aliphatic carbocycles. The van der Waals surface area contributed by atoms with E-state index in [0.29, 0.717) is 23.0 Å². The molecule has 0 spiro atoms. The molecule has 0 aliphatic heterocycles. The SMILES string of the molecule is O=c1c2c(ccc3c2c2ccccc2n3-c2cccc3c2C2=C(CCC=C2)C3)c2ccc3c(c2n1-c1nc(-c2ccccc2)nc(-c2ccccc2)n1)C1C=CC=CC1CC3c1ccccc1. The molecule has 67 heavy (non-hydrogen) atoms. The van der Waals surface area contributed by atoms with E-state index < -0.39 is 0 Å². The molecule has 0 amide bonds. The minimum absolute atomic E-state index is 0.0367. The molecule has 0 N–H and O–H groups in total. The molecule has 0 bridgehead atoms. The number of nitrogens with zero attached hydrogens (tertiary/aromatic N) is 5. The molecule has 6 heteroatoms. The summed E-state index contributed by atoms with van der Waals surface area (Å²) >= 11 is 0. The van der Waals surface area contributed by atoms with E-state index in [1.165, 1.54) is 33.4 Å². The predicted octanol–water partition coefficient (Wildman–Crippen LogP) is 13.8. The Hall–Kier alpha value is -8.22. The number of fused-ring (bicyclic) bond motifs is 13. The van der Waals surface area contributed by atoms with E-state index in [0.717, 1.165) is 86.2 Å². The number of para-hydroxylation sites is 1. The highest BCUT2D eigenvalue weighted by molar-refractivity contribution is 6.25. The zero-order valence-corrected chi connectivity index (χ0v) is 36.7. The fourth-order valence-electron chi connectivity index (χ4n) is 12.0. The Morgan fingerprint density at radius 3 is 2.09 bits per heavy atom. The Balaban J connectivity index is 1.15. The summed E-state index contributed by atoms with van der Waals surface area (Å²) in [4.78, 5) is 32.3. The van der Waals surface area contributed by atoms with Crippen molar-refractivity contribution in [3.8, 4) is 34.4 Å². The minimum Gasteiger partial charge on any atom is -0.309 e. The lowest BCUT2D eigenvalue weighted by molar-refractivity contribution is 0.465. The zero-order valence-electron chi connectivity index (χ0n) is 36.7. The van der Waals surface area contributed by atoms with Gasteiger partial charge in [0.2, 0.25) is 5.95 Å². The highest BCUT2D eigenvalue weighted by atomic mass is 16.1. The number of aromatic nitrogens is 5. The minimum atomic E-state index is -0.152. The summed E-state index contributed by atoms with van der Waals surface area (Å²) in [6.45, 7) is 0. The first-order valence-electron chi connectivity index (χ1n) is 23.5. The first-order chi connectivity index (χ1) is 33.2. The molecule has 3 atom stereocenters. The van der Waals surface area contributed by atoms with Crippen molar-refractivity contribution in [3.05, 3.63) is 238 Å². The maximum Gasteiger partial charge on any atom is 0.266 e. The van der Waals surface area contributed by atoms with Crippen LogP contribution < -0.4 is 5.56 Å². The van der Waals surface area contributed by atoms with Gasteiger partial charge in [-0.15, -0.1) is 0 Å². The Kier molecular flexibility index (Phi) is 8.48. The van der Waals surface area contributed by atoms with Gasteiger partial charge in [-0.05, 0) is 83.0 Å². The summed E-state index contributed by atoms with van der Waals surface area (Å²) in [7, 11) is 0. The van der Waals surface area contributed by atoms with Crippen molar-refractivity contribution in [2.75, 3.05) is 0 Å². The molecule has 4 aliphatic rings. The summed E-state index contributed by atoms with van der Waals surface area (Å²) in [5, 5.41) is 4.52. The van der Waals surface area contributed by atoms with Crippen LogP contribution in [0.2, 0.25) is 0 Å². The first kappa shape index (κ1) is 38.1. The normalized spacial score (nSPS) is 18.2. The molecule has 3 heterocycles. The van der Waals surface area contributed by atoms with Crippen LogP contribution >= 0.6 is 0 Å². The third kappa shape index (κ3) is 5.75. The average Bonchev–Trinajstić information content (AvgIpc) is 3.95. The number of rotatable bonds is 5. The smallest absolute Gasteiger partial charge is 0.266 e. The number of allylic oxidation sites excluding steroid dienone is 8. The van der Waals surface area contributed by atoms with Crippen molar-refractivity contribution in [2.24, 2.45) is 5.92 Å². The van der Waals surface area contributed by atoms with Gasteiger partial charge in [0.25, 0.3) is 5.56 Å². The summed E-state index contributed by atoms with van der Waals surface area (Å²) in [6, 6.07) is 55.3. The fraction of sp³-hybridized carbons (Fsp3) is 0.115. The predicted molar refractivity (Wildman–Crippen MR) is 272 cm³/mol. The fourth-order valence-corrected chi connectivity index (χ4v) is 12.0. The van der Waals surface area contributed by atoms with Gasteiger partial charge in [-0.3, -0.25) is 4.79 Å². The largest absolute Gasteiger partial charge is 0.309 e. The second-order valence-corrected chi connectivity index (χ2v) is 18.5. The van der Waals surface area contributed by atoms with Crippen molar-refractivity contribution in [1.29, 1.82) is 0 Å². The van der Waals surface area contributed by atoms with Crippen LogP contribution in [-0.2, 0) is 6.42 Å². The molecule has 6 nitrogen and oxygen atoms in total. The number of hydrogen-bond acceptors (Lipinski definition) is 4. The van der Waals surface area contributed by atoms with Crippen LogP contribution in [0.3, 0.4) is 0 Å². The van der Waals surface area contributed by atoms with E-state index in [9.17, 15) is 0 Å². The third-order valence-corrected chi connectivity index (χ3v) is 14.9. The van der Waals surface area contributed by atoms with E-state index in [1.807, 2.05) is 65.2 Å². The maximum atomic E-state index is 16.6. The van der Waals surface area contributed by atoms with Crippen molar-refractivity contribution >= 4 is 49.1 Å². The highest BCUT2D eigenvalue weighted by Gasteiger charge is 2.37. The van der Waals surface area contributed by atoms with Gasteiger partial charge in [-0.1, -0.05) is 182 Å². The van der Waals surface area contributed by atoms with E-state index in [1.54, 1.807) is 0 Å². The quantitative estimate of drug-likeness (QED) is 0.162. The van der Waals surface area contributed by atoms with Crippen molar-refractivity contribution in [3.63, 3.8) is 0 Å². The Morgan fingerprint density at radius 1 is 0.582 bits per heavy atom. The second-order valence-electron chi connectivity index (χ2n) is 18.5. The number of pyridine rings is 1. The highest BCUT2D eigenvalue weighted by Crippen LogP contribution is 2.52. The van der Waals surface area contributed by atoms with Crippen molar-refractivity contribution in [1.82, 2.24) is 24.1 Å². The number of hydrogen-bond donors (Lipinski definition) is 0. The Labute approximate surface area is 387 Å². The monoisotopic (exact) mass is 861 g/mol. The van der Waals surface area contributed by atoms with Gasteiger partial charge in [0.05, 0.1) is 27.6 Å². The molecule has 10 aromatic rings. The molecular weight excluding hydrogens is 819 g/mol. The zero-order chi connectivity index (χ0) is 44.2. The van der Waals surface area contributed by atoms with Gasteiger partial charge in [-0.25, -0.2) is 9.55 Å². The van der Waals surface area contributed by atoms with E-state index in [4.69, 9.17) is 15.0 Å². The standard InChI is InChI=1S/C61H43N5O/c67-60-56-45(33-34-52-55(56)48-28-14-15-29-50(48)65(52)51-30-16-25-42-35-40-23-10-12-26-43(40)53(42)51)47-32-31-46-49(37-17-4-1-5-18-37)36-41-24-11-13-27-44(41)54(46)57(47)66(60)61-63-58(38-19-6-2-7-20-38)62-59(64-61)39-21-8-3-9-22-39/h1-9,11-22,24-34,41,44,49H,10,23,35-36H2. The third-order valence-electron chi connectivity index (χ3n) is 14.9. The molecule has 3 unspecified atom stereocenters. The van der Waals surface area contributed by atoms with E-state index in [2.05, 4.69) is 138 Å². The molecule has 0 saturated heterocycles. The molecule has 14 rings (SSSR count). The topological polar surface area (TPSA) is 65.6 Å². The van der Waals surface area contributed by atoms with Crippen LogP contribution in [0, 0.1) is 5.92 Å². The summed E-state index contributed by atoms with van der Waals surface area (Å²) < 4.78 is 4.27. The number of benzene rings is 7. The van der Waals surface area contributed by atoms with Crippen molar-refractivity contribution in [2.45, 2.75) is 37.5 Å². The molecule has 3 aromatic heterocycles. The van der Waals surface area contributed by atoms with Crippen LogP contribution in [0.25, 0.3) is 83.5 Å². The first-order valence-corrected chi connectivity index (χ1v) is 23.5.